The lowest BCUT2D eigenvalue weighted by molar-refractivity contribution is -0.143. The van der Waals surface area contributed by atoms with Gasteiger partial charge in [0.05, 0.1) is 5.41 Å². The third-order valence-corrected chi connectivity index (χ3v) is 7.36. The number of fused-ring (bicyclic) bond motifs is 2. The van der Waals surface area contributed by atoms with Gasteiger partial charge in [0.25, 0.3) is 0 Å². The van der Waals surface area contributed by atoms with E-state index in [1.54, 1.807) is 6.20 Å². The van der Waals surface area contributed by atoms with Crippen LogP contribution in [0.2, 0.25) is 5.02 Å². The number of nitrogens with zero attached hydrogens (tertiary/aromatic N) is 2. The number of ether oxygens (including phenoxy) is 1. The minimum Gasteiger partial charge on any atom is -0.474 e. The maximum absolute atomic E-state index is 14.0. The largest absolute Gasteiger partial charge is 0.474 e. The van der Waals surface area contributed by atoms with Crippen LogP contribution in [0.1, 0.15) is 56.9 Å². The number of hydrogen-bond donors (Lipinski definition) is 0. The molecule has 1 aromatic heterocycles. The van der Waals surface area contributed by atoms with Crippen molar-refractivity contribution in [1.82, 2.24) is 9.88 Å². The van der Waals surface area contributed by atoms with Crippen molar-refractivity contribution >= 4 is 17.5 Å². The molecule has 0 radical (unpaired) electrons. The standard InChI is InChI=1S/C24H27ClN2O2/c25-18-8-6-17(7-9-18)24(12-2-3-13-24)23(28)27-19-10-11-20(27)16-21(15-19)29-22-5-1-4-14-26-22/h1,4-9,14,19-21H,2-3,10-13,15-16H2. The molecule has 29 heavy (non-hydrogen) atoms. The normalized spacial score (nSPS) is 27.8. The molecule has 1 aliphatic carbocycles. The Hall–Kier alpha value is -2.07. The number of carbonyl (C=O) groups excluding carboxylic acids is 1. The van der Waals surface area contributed by atoms with Crippen LogP contribution in [0.25, 0.3) is 0 Å². The maximum atomic E-state index is 14.0. The summed E-state index contributed by atoms with van der Waals surface area (Å²) in [7, 11) is 0. The summed E-state index contributed by atoms with van der Waals surface area (Å²) >= 11 is 6.12. The first-order chi connectivity index (χ1) is 14.2. The molecule has 3 fully saturated rings. The highest BCUT2D eigenvalue weighted by Crippen LogP contribution is 2.47. The van der Waals surface area contributed by atoms with Gasteiger partial charge in [0.1, 0.15) is 6.10 Å². The topological polar surface area (TPSA) is 42.4 Å². The molecule has 152 valence electrons. The summed E-state index contributed by atoms with van der Waals surface area (Å²) < 4.78 is 6.15. The first kappa shape index (κ1) is 18.9. The van der Waals surface area contributed by atoms with E-state index in [4.69, 9.17) is 16.3 Å². The summed E-state index contributed by atoms with van der Waals surface area (Å²) in [6, 6.07) is 14.3. The van der Waals surface area contributed by atoms with E-state index in [1.165, 1.54) is 0 Å². The smallest absolute Gasteiger partial charge is 0.233 e. The fourth-order valence-corrected chi connectivity index (χ4v) is 5.89. The molecule has 2 saturated heterocycles. The van der Waals surface area contributed by atoms with Crippen molar-refractivity contribution in [3.63, 3.8) is 0 Å². The number of halogens is 1. The molecule has 1 saturated carbocycles. The average Bonchev–Trinajstić information content (AvgIpc) is 3.33. The fraction of sp³-hybridized carbons (Fsp3) is 0.500. The molecule has 2 unspecified atom stereocenters. The van der Waals surface area contributed by atoms with Gasteiger partial charge in [0.15, 0.2) is 0 Å². The Balaban J connectivity index is 1.37. The molecular formula is C24H27ClN2O2. The SMILES string of the molecule is O=C(N1C2CCC1CC(Oc1ccccn1)C2)C1(c2ccc(Cl)cc2)CCCC1. The van der Waals surface area contributed by atoms with Crippen molar-refractivity contribution in [2.45, 2.75) is 75.0 Å². The van der Waals surface area contributed by atoms with Gasteiger partial charge in [-0.3, -0.25) is 4.79 Å². The van der Waals surface area contributed by atoms with Gasteiger partial charge in [-0.2, -0.15) is 0 Å². The molecular weight excluding hydrogens is 384 g/mol. The molecule has 4 nitrogen and oxygen atoms in total. The third kappa shape index (κ3) is 3.42. The second kappa shape index (κ2) is 7.64. The van der Waals surface area contributed by atoms with Crippen LogP contribution in [0, 0.1) is 0 Å². The van der Waals surface area contributed by atoms with Crippen LogP contribution in [0.4, 0.5) is 0 Å². The van der Waals surface area contributed by atoms with Crippen molar-refractivity contribution in [3.05, 3.63) is 59.2 Å². The summed E-state index contributed by atoms with van der Waals surface area (Å²) in [6.07, 6.45) is 9.97. The van der Waals surface area contributed by atoms with Crippen LogP contribution in [-0.2, 0) is 10.2 Å². The number of benzene rings is 1. The van der Waals surface area contributed by atoms with E-state index in [0.29, 0.717) is 11.8 Å². The monoisotopic (exact) mass is 410 g/mol. The lowest BCUT2D eigenvalue weighted by atomic mass is 9.76. The molecule has 2 bridgehead atoms. The molecule has 1 aromatic carbocycles. The summed E-state index contributed by atoms with van der Waals surface area (Å²) in [6.45, 7) is 0. The molecule has 3 aliphatic rings. The maximum Gasteiger partial charge on any atom is 0.233 e. The van der Waals surface area contributed by atoms with E-state index >= 15 is 0 Å². The first-order valence-electron chi connectivity index (χ1n) is 10.8. The second-order valence-corrected chi connectivity index (χ2v) is 9.21. The number of rotatable bonds is 4. The lowest BCUT2D eigenvalue weighted by Crippen LogP contribution is -2.55. The van der Waals surface area contributed by atoms with Crippen LogP contribution in [-0.4, -0.2) is 34.0 Å². The number of amides is 1. The first-order valence-corrected chi connectivity index (χ1v) is 11.2. The van der Waals surface area contributed by atoms with Crippen LogP contribution < -0.4 is 4.74 Å². The summed E-state index contributed by atoms with van der Waals surface area (Å²) in [5, 5.41) is 0.724. The zero-order chi connectivity index (χ0) is 19.8. The Kier molecular flexibility index (Phi) is 4.99. The van der Waals surface area contributed by atoms with E-state index in [9.17, 15) is 4.79 Å². The Morgan fingerprint density at radius 3 is 2.34 bits per heavy atom. The van der Waals surface area contributed by atoms with Crippen LogP contribution >= 0.6 is 11.6 Å². The average molecular weight is 411 g/mol. The van der Waals surface area contributed by atoms with Crippen LogP contribution in [0.15, 0.2) is 48.7 Å². The molecule has 2 aromatic rings. The number of hydrogen-bond acceptors (Lipinski definition) is 3. The van der Waals surface area contributed by atoms with E-state index in [1.807, 2.05) is 30.3 Å². The molecule has 3 heterocycles. The van der Waals surface area contributed by atoms with Gasteiger partial charge in [-0.15, -0.1) is 0 Å². The zero-order valence-electron chi connectivity index (χ0n) is 16.6. The van der Waals surface area contributed by atoms with Gasteiger partial charge in [-0.05, 0) is 49.4 Å². The van der Waals surface area contributed by atoms with E-state index < -0.39 is 0 Å². The number of aromatic nitrogens is 1. The predicted molar refractivity (Wildman–Crippen MR) is 113 cm³/mol. The fourth-order valence-electron chi connectivity index (χ4n) is 5.76. The van der Waals surface area contributed by atoms with Gasteiger partial charge < -0.3 is 9.64 Å². The molecule has 0 spiro atoms. The van der Waals surface area contributed by atoms with Crippen molar-refractivity contribution in [2.24, 2.45) is 0 Å². The van der Waals surface area contributed by atoms with Gasteiger partial charge in [-0.1, -0.05) is 42.6 Å². The van der Waals surface area contributed by atoms with Crippen molar-refractivity contribution in [1.29, 1.82) is 0 Å². The van der Waals surface area contributed by atoms with Crippen LogP contribution in [0.5, 0.6) is 5.88 Å². The van der Waals surface area contributed by atoms with Gasteiger partial charge in [0, 0.05) is 42.2 Å². The Labute approximate surface area is 177 Å². The van der Waals surface area contributed by atoms with Crippen LogP contribution in [0.3, 0.4) is 0 Å². The van der Waals surface area contributed by atoms with Gasteiger partial charge in [0.2, 0.25) is 11.8 Å². The minimum atomic E-state index is -0.375. The van der Waals surface area contributed by atoms with Crippen molar-refractivity contribution in [2.75, 3.05) is 0 Å². The zero-order valence-corrected chi connectivity index (χ0v) is 17.4. The van der Waals surface area contributed by atoms with Gasteiger partial charge in [-0.25, -0.2) is 4.98 Å². The van der Waals surface area contributed by atoms with Crippen molar-refractivity contribution < 1.29 is 9.53 Å². The highest BCUT2D eigenvalue weighted by Gasteiger charge is 2.52. The van der Waals surface area contributed by atoms with E-state index in [-0.39, 0.29) is 23.6 Å². The molecule has 5 rings (SSSR count). The number of carbonyl (C=O) groups is 1. The highest BCUT2D eigenvalue weighted by molar-refractivity contribution is 6.30. The lowest BCUT2D eigenvalue weighted by Gasteiger charge is -2.43. The van der Waals surface area contributed by atoms with Crippen molar-refractivity contribution in [3.8, 4) is 5.88 Å². The Morgan fingerprint density at radius 1 is 1.03 bits per heavy atom. The molecule has 1 amide bonds. The number of pyridine rings is 1. The molecule has 0 N–H and O–H groups in total. The summed E-state index contributed by atoms with van der Waals surface area (Å²) in [4.78, 5) is 20.5. The molecule has 2 atom stereocenters. The quantitative estimate of drug-likeness (QED) is 0.700. The highest BCUT2D eigenvalue weighted by atomic mass is 35.5. The molecule has 2 aliphatic heterocycles. The van der Waals surface area contributed by atoms with Gasteiger partial charge >= 0.3 is 0 Å². The molecule has 5 heteroatoms. The third-order valence-electron chi connectivity index (χ3n) is 7.11. The minimum absolute atomic E-state index is 0.140. The summed E-state index contributed by atoms with van der Waals surface area (Å²) in [5.74, 6) is 1.02. The Morgan fingerprint density at radius 2 is 1.72 bits per heavy atom. The second-order valence-electron chi connectivity index (χ2n) is 8.77. The summed E-state index contributed by atoms with van der Waals surface area (Å²) in [5.41, 5.74) is 0.760. The number of piperidine rings is 1. The predicted octanol–water partition coefficient (Wildman–Crippen LogP) is 5.15. The Bertz CT molecular complexity index is 850. The van der Waals surface area contributed by atoms with E-state index in [0.717, 1.165) is 62.0 Å². The van der Waals surface area contributed by atoms with E-state index in [2.05, 4.69) is 22.0 Å².